The molecule has 0 aliphatic carbocycles. The number of aromatic nitrogens is 2. The van der Waals surface area contributed by atoms with Crippen LogP contribution in [0.5, 0.6) is 0 Å². The van der Waals surface area contributed by atoms with E-state index in [9.17, 15) is 4.79 Å². The highest BCUT2D eigenvalue weighted by Crippen LogP contribution is 2.27. The molecule has 1 fully saturated rings. The third kappa shape index (κ3) is 3.06. The minimum atomic E-state index is 0.251. The zero-order valence-electron chi connectivity index (χ0n) is 8.52. The molecule has 1 atom stereocenters. The summed E-state index contributed by atoms with van der Waals surface area (Å²) in [5.74, 6) is 2.41. The molecule has 0 spiro atoms. The molecule has 2 heterocycles. The van der Waals surface area contributed by atoms with Crippen LogP contribution in [0.25, 0.3) is 0 Å². The van der Waals surface area contributed by atoms with Crippen molar-refractivity contribution in [1.82, 2.24) is 10.1 Å². The van der Waals surface area contributed by atoms with E-state index in [0.29, 0.717) is 17.0 Å². The molecule has 0 N–H and O–H groups in total. The van der Waals surface area contributed by atoms with Gasteiger partial charge in [0, 0.05) is 11.7 Å². The molecule has 82 valence electrons. The van der Waals surface area contributed by atoms with Gasteiger partial charge in [0.15, 0.2) is 5.82 Å². The summed E-state index contributed by atoms with van der Waals surface area (Å²) in [5.41, 5.74) is 0. The molecule has 1 aromatic heterocycles. The van der Waals surface area contributed by atoms with Crippen molar-refractivity contribution in [3.63, 3.8) is 0 Å². The smallest absolute Gasteiger partial charge is 0.227 e. The molecule has 0 bridgehead atoms. The number of carbonyl (C=O) groups is 1. The van der Waals surface area contributed by atoms with Crippen LogP contribution in [0.4, 0.5) is 0 Å². The predicted molar refractivity (Wildman–Crippen MR) is 57.9 cm³/mol. The number of rotatable bonds is 4. The Labute approximate surface area is 92.8 Å². The lowest BCUT2D eigenvalue weighted by molar-refractivity contribution is -0.107. The molecule has 1 aliphatic rings. The monoisotopic (exact) mass is 226 g/mol. The van der Waals surface area contributed by atoms with Gasteiger partial charge in [-0.25, -0.2) is 0 Å². The van der Waals surface area contributed by atoms with E-state index in [0.717, 1.165) is 12.7 Å². The highest BCUT2D eigenvalue weighted by atomic mass is 32.2. The van der Waals surface area contributed by atoms with Gasteiger partial charge in [-0.1, -0.05) is 11.6 Å². The van der Waals surface area contributed by atoms with Gasteiger partial charge in [-0.3, -0.25) is 0 Å². The summed E-state index contributed by atoms with van der Waals surface area (Å²) in [7, 11) is 0. The van der Waals surface area contributed by atoms with Gasteiger partial charge in [-0.05, 0) is 18.6 Å². The fourth-order valence-electron chi connectivity index (χ4n) is 1.69. The molecule has 1 aliphatic heterocycles. The van der Waals surface area contributed by atoms with Crippen molar-refractivity contribution in [2.45, 2.75) is 37.4 Å². The second kappa shape index (κ2) is 5.30. The topological polar surface area (TPSA) is 56.0 Å². The highest BCUT2D eigenvalue weighted by molar-refractivity contribution is 7.99. The van der Waals surface area contributed by atoms with Crippen LogP contribution in [0.15, 0.2) is 4.52 Å². The van der Waals surface area contributed by atoms with Crippen LogP contribution in [0.2, 0.25) is 0 Å². The second-order valence-electron chi connectivity index (χ2n) is 3.67. The third-order valence-electron chi connectivity index (χ3n) is 2.45. The molecule has 0 saturated carbocycles. The maximum absolute atomic E-state index is 10.2. The van der Waals surface area contributed by atoms with Crippen LogP contribution >= 0.6 is 11.8 Å². The summed E-state index contributed by atoms with van der Waals surface area (Å²) in [6.07, 6.45) is 5.74. The van der Waals surface area contributed by atoms with Crippen molar-refractivity contribution in [3.05, 3.63) is 11.7 Å². The minimum absolute atomic E-state index is 0.251. The summed E-state index contributed by atoms with van der Waals surface area (Å²) in [5, 5.41) is 4.36. The normalized spacial score (nSPS) is 21.5. The summed E-state index contributed by atoms with van der Waals surface area (Å²) in [6, 6.07) is 0. The number of hydrogen-bond donors (Lipinski definition) is 0. The predicted octanol–water partition coefficient (Wildman–Crippen LogP) is 1.64. The number of aldehydes is 1. The fourth-order valence-corrected chi connectivity index (χ4v) is 2.99. The number of hydrogen-bond acceptors (Lipinski definition) is 5. The van der Waals surface area contributed by atoms with E-state index in [-0.39, 0.29) is 6.42 Å². The maximum atomic E-state index is 10.2. The van der Waals surface area contributed by atoms with E-state index >= 15 is 0 Å². The van der Waals surface area contributed by atoms with Crippen molar-refractivity contribution in [1.29, 1.82) is 0 Å². The Bertz CT molecular complexity index is 321. The first-order valence-corrected chi connectivity index (χ1v) is 6.30. The maximum Gasteiger partial charge on any atom is 0.227 e. The van der Waals surface area contributed by atoms with Crippen LogP contribution in [0, 0.1) is 0 Å². The van der Waals surface area contributed by atoms with Gasteiger partial charge in [-0.2, -0.15) is 16.7 Å². The van der Waals surface area contributed by atoms with Crippen LogP contribution in [0.1, 0.15) is 31.0 Å². The Kier molecular flexibility index (Phi) is 3.77. The molecule has 4 nitrogen and oxygen atoms in total. The lowest BCUT2D eigenvalue weighted by Crippen LogP contribution is -2.12. The molecule has 0 radical (unpaired) electrons. The van der Waals surface area contributed by atoms with Crippen LogP contribution < -0.4 is 0 Å². The molecular formula is C10H14N2O2S. The van der Waals surface area contributed by atoms with Gasteiger partial charge in [0.2, 0.25) is 5.89 Å². The molecule has 5 heteroatoms. The van der Waals surface area contributed by atoms with E-state index in [1.54, 1.807) is 0 Å². The Morgan fingerprint density at radius 3 is 3.20 bits per heavy atom. The molecule has 2 rings (SSSR count). The second-order valence-corrected chi connectivity index (χ2v) is 5.08. The first-order valence-electron chi connectivity index (χ1n) is 5.25. The van der Waals surface area contributed by atoms with Gasteiger partial charge >= 0.3 is 0 Å². The number of nitrogens with zero attached hydrogens (tertiary/aromatic N) is 2. The number of carbonyl (C=O) groups excluding carboxylic acids is 1. The van der Waals surface area contributed by atoms with Crippen molar-refractivity contribution < 1.29 is 9.32 Å². The third-order valence-corrected chi connectivity index (χ3v) is 3.85. The van der Waals surface area contributed by atoms with Gasteiger partial charge in [0.1, 0.15) is 6.29 Å². The van der Waals surface area contributed by atoms with E-state index in [4.69, 9.17) is 4.52 Å². The Balaban J connectivity index is 1.88. The van der Waals surface area contributed by atoms with Crippen molar-refractivity contribution >= 4 is 18.0 Å². The van der Waals surface area contributed by atoms with Gasteiger partial charge in [0.05, 0.1) is 6.42 Å². The van der Waals surface area contributed by atoms with Gasteiger partial charge in [-0.15, -0.1) is 0 Å². The fraction of sp³-hybridized carbons (Fsp3) is 0.700. The molecule has 0 aromatic carbocycles. The van der Waals surface area contributed by atoms with Crippen LogP contribution in [-0.4, -0.2) is 27.4 Å². The van der Waals surface area contributed by atoms with Gasteiger partial charge < -0.3 is 9.32 Å². The zero-order chi connectivity index (χ0) is 10.5. The standard InChI is InChI=1S/C10H14N2O2S/c13-5-4-9-11-10(14-12-9)7-8-3-1-2-6-15-8/h5,8H,1-4,6-7H2. The van der Waals surface area contributed by atoms with Crippen molar-refractivity contribution in [3.8, 4) is 0 Å². The lowest BCUT2D eigenvalue weighted by atomic mass is 10.1. The average molecular weight is 226 g/mol. The van der Waals surface area contributed by atoms with Crippen LogP contribution in [0.3, 0.4) is 0 Å². The Morgan fingerprint density at radius 1 is 1.53 bits per heavy atom. The van der Waals surface area contributed by atoms with Crippen LogP contribution in [-0.2, 0) is 17.6 Å². The lowest BCUT2D eigenvalue weighted by Gasteiger charge is -2.19. The zero-order valence-corrected chi connectivity index (χ0v) is 9.33. The largest absolute Gasteiger partial charge is 0.339 e. The average Bonchev–Trinajstić information content (AvgIpc) is 2.68. The molecule has 15 heavy (non-hydrogen) atoms. The summed E-state index contributed by atoms with van der Waals surface area (Å²) in [6.45, 7) is 0. The molecule has 1 aromatic rings. The molecule has 1 saturated heterocycles. The van der Waals surface area contributed by atoms with Crippen molar-refractivity contribution in [2.75, 3.05) is 5.75 Å². The SMILES string of the molecule is O=CCc1noc(CC2CCCCS2)n1. The van der Waals surface area contributed by atoms with E-state index in [1.807, 2.05) is 11.8 Å². The Morgan fingerprint density at radius 2 is 2.47 bits per heavy atom. The van der Waals surface area contributed by atoms with E-state index in [2.05, 4.69) is 10.1 Å². The first-order chi connectivity index (χ1) is 7.38. The Hall–Kier alpha value is -0.840. The van der Waals surface area contributed by atoms with E-state index < -0.39 is 0 Å². The summed E-state index contributed by atoms with van der Waals surface area (Å²) >= 11 is 1.98. The quantitative estimate of drug-likeness (QED) is 0.730. The minimum Gasteiger partial charge on any atom is -0.339 e. The number of thioether (sulfide) groups is 1. The molecule has 1 unspecified atom stereocenters. The molecular weight excluding hydrogens is 212 g/mol. The summed E-state index contributed by atoms with van der Waals surface area (Å²) in [4.78, 5) is 14.4. The van der Waals surface area contributed by atoms with Gasteiger partial charge in [0.25, 0.3) is 0 Å². The highest BCUT2D eigenvalue weighted by Gasteiger charge is 2.17. The molecule has 0 amide bonds. The van der Waals surface area contributed by atoms with Crippen molar-refractivity contribution in [2.24, 2.45) is 0 Å². The first kappa shape index (κ1) is 10.7. The summed E-state index contributed by atoms with van der Waals surface area (Å²) < 4.78 is 5.09. The van der Waals surface area contributed by atoms with E-state index in [1.165, 1.54) is 25.0 Å².